The fourth-order valence-electron chi connectivity index (χ4n) is 0.195. The van der Waals surface area contributed by atoms with Crippen molar-refractivity contribution in [3.63, 3.8) is 0 Å². The van der Waals surface area contributed by atoms with E-state index in [1.165, 1.54) is 0 Å². The Kier molecular flexibility index (Phi) is 4.04. The maximum absolute atomic E-state index is 5.02. The van der Waals surface area contributed by atoms with Crippen LogP contribution < -0.4 is 0 Å². The second kappa shape index (κ2) is 4.09. The second-order valence-corrected chi connectivity index (χ2v) is 2.66. The molecule has 7 heavy (non-hydrogen) atoms. The SMILES string of the molecule is C=C(C)[Si]OCC. The lowest BCUT2D eigenvalue weighted by Crippen LogP contribution is -1.97. The molecule has 0 rings (SSSR count). The first-order valence-corrected chi connectivity index (χ1v) is 3.21. The van der Waals surface area contributed by atoms with Crippen molar-refractivity contribution in [2.24, 2.45) is 0 Å². The zero-order valence-electron chi connectivity index (χ0n) is 4.82. The number of rotatable bonds is 3. The van der Waals surface area contributed by atoms with E-state index in [1.54, 1.807) is 0 Å². The minimum atomic E-state index is 0.494. The van der Waals surface area contributed by atoms with Crippen LogP contribution in [0.3, 0.4) is 0 Å². The molecule has 0 aliphatic heterocycles. The van der Waals surface area contributed by atoms with Gasteiger partial charge >= 0.3 is 0 Å². The lowest BCUT2D eigenvalue weighted by atomic mass is 10.8. The zero-order valence-corrected chi connectivity index (χ0v) is 5.82. The first-order valence-electron chi connectivity index (χ1n) is 2.30. The molecule has 0 amide bonds. The highest BCUT2D eigenvalue weighted by molar-refractivity contribution is 6.37. The third-order valence-corrected chi connectivity index (χ3v) is 1.17. The van der Waals surface area contributed by atoms with Gasteiger partial charge in [-0.1, -0.05) is 5.20 Å². The molecule has 2 radical (unpaired) electrons. The third kappa shape index (κ3) is 5.92. The van der Waals surface area contributed by atoms with E-state index in [4.69, 9.17) is 4.43 Å². The molecule has 0 saturated carbocycles. The van der Waals surface area contributed by atoms with E-state index in [2.05, 4.69) is 6.58 Å². The van der Waals surface area contributed by atoms with Gasteiger partial charge in [-0.25, -0.2) is 0 Å². The summed E-state index contributed by atoms with van der Waals surface area (Å²) in [5, 5.41) is 1.11. The van der Waals surface area contributed by atoms with Crippen molar-refractivity contribution < 1.29 is 4.43 Å². The van der Waals surface area contributed by atoms with Crippen LogP contribution in [0.1, 0.15) is 13.8 Å². The maximum atomic E-state index is 5.02. The average Bonchev–Trinajstić information content (AvgIpc) is 1.61. The minimum Gasteiger partial charge on any atom is -0.412 e. The van der Waals surface area contributed by atoms with Gasteiger partial charge in [0.15, 0.2) is 0 Å². The molecule has 0 aromatic carbocycles. The van der Waals surface area contributed by atoms with Crippen molar-refractivity contribution in [3.05, 3.63) is 11.8 Å². The van der Waals surface area contributed by atoms with Crippen LogP contribution in [0.4, 0.5) is 0 Å². The summed E-state index contributed by atoms with van der Waals surface area (Å²) >= 11 is 0. The average molecular weight is 114 g/mol. The first kappa shape index (κ1) is 6.92. The summed E-state index contributed by atoms with van der Waals surface area (Å²) in [5.41, 5.74) is 0. The van der Waals surface area contributed by atoms with Gasteiger partial charge in [-0.15, -0.1) is 6.58 Å². The highest BCUT2D eigenvalue weighted by atomic mass is 28.2. The molecule has 0 atom stereocenters. The molecular formula is C5H10OSi. The van der Waals surface area contributed by atoms with Gasteiger partial charge in [0.25, 0.3) is 9.76 Å². The summed E-state index contributed by atoms with van der Waals surface area (Å²) in [6.45, 7) is 8.43. The van der Waals surface area contributed by atoms with Crippen molar-refractivity contribution in [3.8, 4) is 0 Å². The van der Waals surface area contributed by atoms with Crippen LogP contribution in [0.15, 0.2) is 11.8 Å². The molecular weight excluding hydrogens is 104 g/mol. The molecule has 40 valence electrons. The van der Waals surface area contributed by atoms with Crippen LogP contribution in [-0.4, -0.2) is 16.4 Å². The highest BCUT2D eigenvalue weighted by Gasteiger charge is 1.84. The molecule has 0 aliphatic rings. The summed E-state index contributed by atoms with van der Waals surface area (Å²) < 4.78 is 5.02. The quantitative estimate of drug-likeness (QED) is 0.500. The van der Waals surface area contributed by atoms with Crippen LogP contribution >= 0.6 is 0 Å². The molecule has 0 heterocycles. The predicted octanol–water partition coefficient (Wildman–Crippen LogP) is 1.18. The molecule has 0 aliphatic carbocycles. The van der Waals surface area contributed by atoms with Crippen LogP contribution in [0.5, 0.6) is 0 Å². The molecule has 0 aromatic rings. The molecule has 0 N–H and O–H groups in total. The van der Waals surface area contributed by atoms with Crippen LogP contribution in [0.2, 0.25) is 0 Å². The first-order chi connectivity index (χ1) is 3.27. The van der Waals surface area contributed by atoms with Gasteiger partial charge in [-0.3, -0.25) is 0 Å². The Balaban J connectivity index is 2.82. The van der Waals surface area contributed by atoms with Crippen molar-refractivity contribution in [1.29, 1.82) is 0 Å². The summed E-state index contributed by atoms with van der Waals surface area (Å²) in [5.74, 6) is 0. The van der Waals surface area contributed by atoms with E-state index in [9.17, 15) is 0 Å². The molecule has 0 aromatic heterocycles. The summed E-state index contributed by atoms with van der Waals surface area (Å²) in [6, 6.07) is 0. The number of hydrogen-bond donors (Lipinski definition) is 0. The van der Waals surface area contributed by atoms with Crippen molar-refractivity contribution >= 4 is 9.76 Å². The molecule has 0 fully saturated rings. The topological polar surface area (TPSA) is 9.23 Å². The van der Waals surface area contributed by atoms with E-state index in [1.807, 2.05) is 13.8 Å². The normalized spacial score (nSPS) is 8.86. The van der Waals surface area contributed by atoms with Gasteiger partial charge in [0.1, 0.15) is 0 Å². The smallest absolute Gasteiger partial charge is 0.263 e. The Morgan fingerprint density at radius 3 is 2.57 bits per heavy atom. The molecule has 0 saturated heterocycles. The van der Waals surface area contributed by atoms with E-state index in [-0.39, 0.29) is 0 Å². The predicted molar refractivity (Wildman–Crippen MR) is 32.2 cm³/mol. The zero-order chi connectivity index (χ0) is 5.70. The monoisotopic (exact) mass is 114 g/mol. The van der Waals surface area contributed by atoms with Gasteiger partial charge in [0.05, 0.1) is 0 Å². The Labute approximate surface area is 47.3 Å². The lowest BCUT2D eigenvalue weighted by Gasteiger charge is -1.92. The van der Waals surface area contributed by atoms with Gasteiger partial charge in [-0.05, 0) is 13.8 Å². The van der Waals surface area contributed by atoms with Crippen LogP contribution in [0.25, 0.3) is 0 Å². The fourth-order valence-corrected chi connectivity index (χ4v) is 0.586. The van der Waals surface area contributed by atoms with Crippen LogP contribution in [-0.2, 0) is 4.43 Å². The van der Waals surface area contributed by atoms with Crippen molar-refractivity contribution in [2.45, 2.75) is 13.8 Å². The molecule has 0 spiro atoms. The minimum absolute atomic E-state index is 0.494. The second-order valence-electron chi connectivity index (χ2n) is 1.32. The maximum Gasteiger partial charge on any atom is 0.263 e. The van der Waals surface area contributed by atoms with Crippen LogP contribution in [0, 0.1) is 0 Å². The summed E-state index contributed by atoms with van der Waals surface area (Å²) in [6.07, 6.45) is 0. The molecule has 0 bridgehead atoms. The Bertz CT molecular complexity index is 61.1. The molecule has 2 heteroatoms. The molecule has 0 unspecified atom stereocenters. The Morgan fingerprint density at radius 2 is 2.43 bits per heavy atom. The summed E-state index contributed by atoms with van der Waals surface area (Å²) in [7, 11) is 0.494. The fraction of sp³-hybridized carbons (Fsp3) is 0.600. The van der Waals surface area contributed by atoms with Gasteiger partial charge in [0.2, 0.25) is 0 Å². The largest absolute Gasteiger partial charge is 0.412 e. The lowest BCUT2D eigenvalue weighted by molar-refractivity contribution is 0.365. The van der Waals surface area contributed by atoms with E-state index in [0.717, 1.165) is 11.8 Å². The Morgan fingerprint density at radius 1 is 1.86 bits per heavy atom. The molecule has 1 nitrogen and oxygen atoms in total. The number of hydrogen-bond acceptors (Lipinski definition) is 1. The Hall–Kier alpha value is -0.0831. The standard InChI is InChI=1S/C5H10OSi/c1-4-6-7-5(2)3/h2,4H2,1,3H3. The van der Waals surface area contributed by atoms with E-state index in [0.29, 0.717) is 9.76 Å². The summed E-state index contributed by atoms with van der Waals surface area (Å²) in [4.78, 5) is 0. The third-order valence-electron chi connectivity index (χ3n) is 0.391. The number of allylic oxidation sites excluding steroid dienone is 1. The van der Waals surface area contributed by atoms with Gasteiger partial charge in [-0.2, -0.15) is 0 Å². The van der Waals surface area contributed by atoms with Crippen molar-refractivity contribution in [1.82, 2.24) is 0 Å². The van der Waals surface area contributed by atoms with Gasteiger partial charge in [0, 0.05) is 6.61 Å². The van der Waals surface area contributed by atoms with Gasteiger partial charge < -0.3 is 4.43 Å². The van der Waals surface area contributed by atoms with E-state index >= 15 is 0 Å². The van der Waals surface area contributed by atoms with Crippen molar-refractivity contribution in [2.75, 3.05) is 6.61 Å². The van der Waals surface area contributed by atoms with E-state index < -0.39 is 0 Å². The highest BCUT2D eigenvalue weighted by Crippen LogP contribution is 1.81.